The van der Waals surface area contributed by atoms with Crippen LogP contribution in [-0.4, -0.2) is 22.9 Å². The van der Waals surface area contributed by atoms with Crippen molar-refractivity contribution in [2.75, 3.05) is 6.79 Å². The predicted octanol–water partition coefficient (Wildman–Crippen LogP) is 4.00. The Morgan fingerprint density at radius 3 is 3.04 bits per heavy atom. The highest BCUT2D eigenvalue weighted by Gasteiger charge is 2.17. The number of nitrogens with one attached hydrogen (secondary N) is 1. The third-order valence-electron chi connectivity index (χ3n) is 3.43. The molecule has 2 aromatic heterocycles. The number of fused-ring (bicyclic) bond motifs is 1. The normalized spacial score (nSPS) is 11.9. The van der Waals surface area contributed by atoms with Gasteiger partial charge in [0.2, 0.25) is 12.5 Å². The molecule has 138 valence electrons. The van der Waals surface area contributed by atoms with Gasteiger partial charge < -0.3 is 24.3 Å². The summed E-state index contributed by atoms with van der Waals surface area (Å²) >= 11 is 7.29. The Hall–Kier alpha value is -3.04. The smallest absolute Gasteiger partial charge is 0.413 e. The molecule has 3 aromatic rings. The van der Waals surface area contributed by atoms with Crippen LogP contribution in [0.4, 0.5) is 4.79 Å². The summed E-state index contributed by atoms with van der Waals surface area (Å²) in [4.78, 5) is 20.8. The molecule has 1 aromatic carbocycles. The van der Waals surface area contributed by atoms with E-state index < -0.39 is 6.09 Å². The number of carbonyl (C=O) groups is 1. The highest BCUT2D eigenvalue weighted by Crippen LogP contribution is 2.37. The molecule has 1 aliphatic rings. The number of amides is 1. The highest BCUT2D eigenvalue weighted by atomic mass is 35.5. The van der Waals surface area contributed by atoms with Crippen LogP contribution in [-0.2, 0) is 6.54 Å². The molecule has 3 heterocycles. The van der Waals surface area contributed by atoms with Crippen molar-refractivity contribution in [2.45, 2.75) is 6.54 Å². The Bertz CT molecular complexity index is 981. The first-order valence-corrected chi connectivity index (χ1v) is 8.99. The maximum Gasteiger partial charge on any atom is 0.413 e. The van der Waals surface area contributed by atoms with Crippen LogP contribution in [0.15, 0.2) is 42.2 Å². The van der Waals surface area contributed by atoms with Crippen molar-refractivity contribution >= 4 is 29.0 Å². The third kappa shape index (κ3) is 4.21. The topological polar surface area (TPSA) is 91.8 Å². The Labute approximate surface area is 162 Å². The molecule has 0 spiro atoms. The highest BCUT2D eigenvalue weighted by molar-refractivity contribution is 7.10. The molecule has 1 amide bonds. The molecular weight excluding hydrogens is 394 g/mol. The average molecular weight is 406 g/mol. The summed E-state index contributed by atoms with van der Waals surface area (Å²) in [7, 11) is 0. The number of hydrogen-bond donors (Lipinski definition) is 1. The number of nitrogens with zero attached hydrogens (tertiary/aromatic N) is 2. The first-order valence-electron chi connectivity index (χ1n) is 7.73. The minimum atomic E-state index is -0.662. The molecule has 0 saturated heterocycles. The molecule has 0 radical (unpaired) electrons. The minimum absolute atomic E-state index is 0.0804. The van der Waals surface area contributed by atoms with E-state index in [4.69, 9.17) is 30.5 Å². The molecule has 1 aliphatic heterocycles. The Morgan fingerprint density at radius 2 is 2.19 bits per heavy atom. The van der Waals surface area contributed by atoms with Crippen LogP contribution in [0.1, 0.15) is 4.88 Å². The van der Waals surface area contributed by atoms with Crippen molar-refractivity contribution in [3.63, 3.8) is 0 Å². The molecule has 4 rings (SSSR count). The van der Waals surface area contributed by atoms with Gasteiger partial charge in [-0.1, -0.05) is 11.6 Å². The van der Waals surface area contributed by atoms with Crippen LogP contribution < -0.4 is 24.3 Å². The first kappa shape index (κ1) is 17.4. The number of carbonyl (C=O) groups excluding carboxylic acids is 1. The van der Waals surface area contributed by atoms with E-state index >= 15 is 0 Å². The molecule has 27 heavy (non-hydrogen) atoms. The van der Waals surface area contributed by atoms with E-state index in [2.05, 4.69) is 15.3 Å². The van der Waals surface area contributed by atoms with Crippen molar-refractivity contribution in [2.24, 2.45) is 0 Å². The fourth-order valence-corrected chi connectivity index (χ4v) is 3.26. The largest absolute Gasteiger partial charge is 0.454 e. The fourth-order valence-electron chi connectivity index (χ4n) is 2.25. The van der Waals surface area contributed by atoms with Gasteiger partial charge in [0.25, 0.3) is 5.88 Å². The van der Waals surface area contributed by atoms with Crippen LogP contribution in [0.25, 0.3) is 0 Å². The first-order chi connectivity index (χ1) is 13.2. The lowest BCUT2D eigenvalue weighted by molar-refractivity contribution is 0.174. The summed E-state index contributed by atoms with van der Waals surface area (Å²) in [6.45, 7) is 0.457. The van der Waals surface area contributed by atoms with E-state index in [0.717, 1.165) is 4.88 Å². The summed E-state index contributed by atoms with van der Waals surface area (Å²) in [5.41, 5.74) is 0. The molecule has 0 atom stereocenters. The Kier molecular flexibility index (Phi) is 4.95. The van der Waals surface area contributed by atoms with E-state index in [0.29, 0.717) is 28.8 Å². The standard InChI is InChI=1S/C17H12ClN3O5S/c18-10-3-12(27-7-10)5-20-17(22)26-15-6-19-8-21-16(15)25-11-1-2-13-14(4-11)24-9-23-13/h1-4,6-8H,5,9H2,(H,20,22). The molecule has 0 fully saturated rings. The van der Waals surface area contributed by atoms with Crippen molar-refractivity contribution in [3.8, 4) is 28.9 Å². The number of aromatic nitrogens is 2. The SMILES string of the molecule is O=C(NCc1cc(Cl)cs1)Oc1cncnc1Oc1ccc2c(c1)OCO2. The molecule has 0 saturated carbocycles. The van der Waals surface area contributed by atoms with Gasteiger partial charge in [0, 0.05) is 16.3 Å². The Morgan fingerprint density at radius 1 is 1.30 bits per heavy atom. The lowest BCUT2D eigenvalue weighted by Gasteiger charge is -2.10. The second kappa shape index (κ2) is 7.68. The molecular formula is C17H12ClN3O5S. The average Bonchev–Trinajstić information content (AvgIpc) is 3.30. The zero-order valence-electron chi connectivity index (χ0n) is 13.7. The number of benzene rings is 1. The third-order valence-corrected chi connectivity index (χ3v) is 4.72. The molecule has 0 aliphatic carbocycles. The van der Waals surface area contributed by atoms with Gasteiger partial charge in [-0.15, -0.1) is 11.3 Å². The van der Waals surface area contributed by atoms with Crippen molar-refractivity contribution in [1.29, 1.82) is 0 Å². The number of thiophene rings is 1. The zero-order chi connectivity index (χ0) is 18.6. The van der Waals surface area contributed by atoms with Gasteiger partial charge in [-0.25, -0.2) is 9.78 Å². The Balaban J connectivity index is 1.42. The molecule has 8 nitrogen and oxygen atoms in total. The number of ether oxygens (including phenoxy) is 4. The van der Waals surface area contributed by atoms with Crippen molar-refractivity contribution in [3.05, 3.63) is 52.1 Å². The van der Waals surface area contributed by atoms with E-state index in [1.54, 1.807) is 29.6 Å². The van der Waals surface area contributed by atoms with Gasteiger partial charge in [-0.2, -0.15) is 4.98 Å². The zero-order valence-corrected chi connectivity index (χ0v) is 15.2. The van der Waals surface area contributed by atoms with Gasteiger partial charge in [-0.3, -0.25) is 0 Å². The summed E-state index contributed by atoms with van der Waals surface area (Å²) in [6, 6.07) is 6.85. The molecule has 1 N–H and O–H groups in total. The van der Waals surface area contributed by atoms with Gasteiger partial charge in [0.05, 0.1) is 17.8 Å². The number of hydrogen-bond acceptors (Lipinski definition) is 8. The lowest BCUT2D eigenvalue weighted by Crippen LogP contribution is -2.26. The van der Waals surface area contributed by atoms with Gasteiger partial charge >= 0.3 is 6.09 Å². The summed E-state index contributed by atoms with van der Waals surface area (Å²) in [6.07, 6.45) is 1.97. The minimum Gasteiger partial charge on any atom is -0.454 e. The summed E-state index contributed by atoms with van der Waals surface area (Å²) < 4.78 is 21.5. The summed E-state index contributed by atoms with van der Waals surface area (Å²) in [5.74, 6) is 1.83. The van der Waals surface area contributed by atoms with Crippen LogP contribution in [0.3, 0.4) is 0 Å². The fraction of sp³-hybridized carbons (Fsp3) is 0.118. The maximum absolute atomic E-state index is 12.0. The van der Waals surface area contributed by atoms with E-state index in [1.165, 1.54) is 23.9 Å². The second-order valence-electron chi connectivity index (χ2n) is 5.28. The summed E-state index contributed by atoms with van der Waals surface area (Å²) in [5, 5.41) is 5.04. The van der Waals surface area contributed by atoms with Gasteiger partial charge in [0.1, 0.15) is 12.1 Å². The monoisotopic (exact) mass is 405 g/mol. The second-order valence-corrected chi connectivity index (χ2v) is 6.72. The van der Waals surface area contributed by atoms with Crippen molar-refractivity contribution < 1.29 is 23.7 Å². The lowest BCUT2D eigenvalue weighted by atomic mass is 10.3. The van der Waals surface area contributed by atoms with E-state index in [1.807, 2.05) is 0 Å². The number of rotatable bonds is 5. The molecule has 0 bridgehead atoms. The van der Waals surface area contributed by atoms with Crippen LogP contribution in [0, 0.1) is 0 Å². The van der Waals surface area contributed by atoms with Crippen LogP contribution in [0.5, 0.6) is 28.9 Å². The van der Waals surface area contributed by atoms with E-state index in [9.17, 15) is 4.79 Å². The van der Waals surface area contributed by atoms with Crippen LogP contribution >= 0.6 is 22.9 Å². The van der Waals surface area contributed by atoms with Gasteiger partial charge in [-0.05, 0) is 18.2 Å². The quantitative estimate of drug-likeness (QED) is 0.685. The van der Waals surface area contributed by atoms with E-state index in [-0.39, 0.29) is 18.4 Å². The maximum atomic E-state index is 12.0. The predicted molar refractivity (Wildman–Crippen MR) is 96.9 cm³/mol. The van der Waals surface area contributed by atoms with Crippen molar-refractivity contribution in [1.82, 2.24) is 15.3 Å². The number of halogens is 1. The molecule has 10 heteroatoms. The molecule has 0 unspecified atom stereocenters. The van der Waals surface area contributed by atoms with Gasteiger partial charge in [0.15, 0.2) is 11.5 Å². The van der Waals surface area contributed by atoms with Crippen LogP contribution in [0.2, 0.25) is 5.02 Å².